The molecule has 2 amide bonds. The number of allylic oxidation sites excluding steroid dienone is 1. The van der Waals surface area contributed by atoms with E-state index in [0.717, 1.165) is 23.6 Å². The highest BCUT2D eigenvalue weighted by atomic mass is 16.5. The van der Waals surface area contributed by atoms with Gasteiger partial charge >= 0.3 is 5.97 Å². The molecule has 0 aromatic heterocycles. The van der Waals surface area contributed by atoms with Gasteiger partial charge in [-0.05, 0) is 49.1 Å². The minimum atomic E-state index is -0.836. The Bertz CT molecular complexity index is 1130. The molecule has 1 heterocycles. The van der Waals surface area contributed by atoms with Gasteiger partial charge in [-0.3, -0.25) is 14.4 Å². The van der Waals surface area contributed by atoms with Gasteiger partial charge in [-0.25, -0.2) is 0 Å². The van der Waals surface area contributed by atoms with Crippen LogP contribution in [0.5, 0.6) is 0 Å². The van der Waals surface area contributed by atoms with Gasteiger partial charge in [0.05, 0.1) is 31.1 Å². The van der Waals surface area contributed by atoms with Crippen LogP contribution in [0.4, 0.5) is 5.69 Å². The molecule has 7 heteroatoms. The highest BCUT2D eigenvalue weighted by Gasteiger charge is 2.58. The lowest BCUT2D eigenvalue weighted by Gasteiger charge is -2.34. The fourth-order valence-corrected chi connectivity index (χ4v) is 5.66. The van der Waals surface area contributed by atoms with Crippen molar-refractivity contribution in [3.63, 3.8) is 0 Å². The summed E-state index contributed by atoms with van der Waals surface area (Å²) in [4.78, 5) is 41.9. The van der Waals surface area contributed by atoms with Crippen molar-refractivity contribution in [3.8, 4) is 0 Å². The molecule has 2 aromatic carbocycles. The molecule has 0 saturated carbocycles. The van der Waals surface area contributed by atoms with E-state index in [1.54, 1.807) is 13.8 Å². The number of nitrogens with zero attached hydrogens (tertiary/aromatic N) is 1. The number of rotatable bonds is 8. The Balaban J connectivity index is 1.69. The van der Waals surface area contributed by atoms with Gasteiger partial charge in [0.15, 0.2) is 0 Å². The molecule has 2 aliphatic rings. The summed E-state index contributed by atoms with van der Waals surface area (Å²) in [5, 5.41) is 14.9. The number of fused-ring (bicyclic) bond motifs is 2. The second kappa shape index (κ2) is 10.6. The fraction of sp³-hybridized carbons (Fsp3) is 0.464. The summed E-state index contributed by atoms with van der Waals surface area (Å²) in [5.74, 6) is -2.97. The summed E-state index contributed by atoms with van der Waals surface area (Å²) >= 11 is 0. The van der Waals surface area contributed by atoms with Gasteiger partial charge in [0.2, 0.25) is 11.8 Å². The van der Waals surface area contributed by atoms with Crippen LogP contribution in [0.2, 0.25) is 0 Å². The second-order valence-electron chi connectivity index (χ2n) is 9.49. The molecular formula is C28H34N2O5. The smallest absolute Gasteiger partial charge is 0.310 e. The van der Waals surface area contributed by atoms with Crippen molar-refractivity contribution in [1.29, 1.82) is 0 Å². The van der Waals surface area contributed by atoms with Crippen LogP contribution in [0.1, 0.15) is 33.6 Å². The third-order valence-electron chi connectivity index (χ3n) is 7.25. The predicted octanol–water partition coefficient (Wildman–Crippen LogP) is 3.77. The van der Waals surface area contributed by atoms with Gasteiger partial charge in [-0.1, -0.05) is 55.8 Å². The average molecular weight is 479 g/mol. The van der Waals surface area contributed by atoms with Gasteiger partial charge in [0.1, 0.15) is 6.04 Å². The molecule has 0 radical (unpaired) electrons. The van der Waals surface area contributed by atoms with Gasteiger partial charge in [0.25, 0.3) is 0 Å². The number of benzene rings is 2. The van der Waals surface area contributed by atoms with E-state index in [0.29, 0.717) is 5.69 Å². The first-order valence-corrected chi connectivity index (χ1v) is 12.5. The fourth-order valence-electron chi connectivity index (χ4n) is 5.66. The maximum atomic E-state index is 13.7. The van der Waals surface area contributed by atoms with Gasteiger partial charge in [-0.2, -0.15) is 0 Å². The first-order chi connectivity index (χ1) is 16.9. The first kappa shape index (κ1) is 24.9. The molecule has 1 aliphatic carbocycles. The number of nitrogens with one attached hydrogen (secondary N) is 1. The lowest BCUT2D eigenvalue weighted by Crippen LogP contribution is -2.49. The van der Waals surface area contributed by atoms with Crippen LogP contribution < -0.4 is 5.32 Å². The number of hydrogen-bond acceptors (Lipinski definition) is 5. The number of anilines is 1. The summed E-state index contributed by atoms with van der Waals surface area (Å²) in [6.45, 7) is 5.46. The van der Waals surface area contributed by atoms with Crippen molar-refractivity contribution in [2.45, 2.75) is 45.7 Å². The number of hydrogen-bond donors (Lipinski definition) is 2. The van der Waals surface area contributed by atoms with Crippen molar-refractivity contribution in [1.82, 2.24) is 4.90 Å². The minimum absolute atomic E-state index is 0.127. The molecule has 4 rings (SSSR count). The normalized spacial score (nSPS) is 26.5. The topological polar surface area (TPSA) is 95.9 Å². The van der Waals surface area contributed by atoms with Gasteiger partial charge in [-0.15, -0.1) is 0 Å². The molecule has 1 saturated heterocycles. The Kier molecular flexibility index (Phi) is 7.55. The van der Waals surface area contributed by atoms with E-state index in [-0.39, 0.29) is 30.9 Å². The molecule has 1 fully saturated rings. The van der Waals surface area contributed by atoms with Crippen molar-refractivity contribution in [3.05, 3.63) is 54.6 Å². The number of esters is 1. The van der Waals surface area contributed by atoms with E-state index in [4.69, 9.17) is 4.74 Å². The Hall–Kier alpha value is -3.19. The average Bonchev–Trinajstić information content (AvgIpc) is 3.16. The molecule has 35 heavy (non-hydrogen) atoms. The van der Waals surface area contributed by atoms with Crippen LogP contribution >= 0.6 is 0 Å². The molecule has 0 spiro atoms. The second-order valence-corrected chi connectivity index (χ2v) is 9.49. The molecule has 2 N–H and O–H groups in total. The SMILES string of the molecule is CCC[C@@H]1C=C[C@H]2[C@@H](C(=O)N([C@H](C)CO)[C@@H]2C(=O)Nc2ccc3ccccc3c2)[C@@H]1C(=O)OCC. The Morgan fingerprint density at radius 3 is 2.54 bits per heavy atom. The molecule has 0 unspecified atom stereocenters. The van der Waals surface area contributed by atoms with Crippen LogP contribution in [0.15, 0.2) is 54.6 Å². The van der Waals surface area contributed by atoms with Crippen LogP contribution in [-0.2, 0) is 19.1 Å². The first-order valence-electron chi connectivity index (χ1n) is 12.5. The molecule has 7 nitrogen and oxygen atoms in total. The summed E-state index contributed by atoms with van der Waals surface area (Å²) in [5.41, 5.74) is 0.631. The van der Waals surface area contributed by atoms with Gasteiger partial charge in [0, 0.05) is 11.6 Å². The van der Waals surface area contributed by atoms with E-state index in [2.05, 4.69) is 5.32 Å². The molecule has 186 valence electrons. The molecule has 1 aliphatic heterocycles. The number of carbonyl (C=O) groups excluding carboxylic acids is 3. The van der Waals surface area contributed by atoms with Crippen LogP contribution in [0.25, 0.3) is 10.8 Å². The number of aliphatic hydroxyl groups is 1. The zero-order chi connectivity index (χ0) is 25.1. The number of ether oxygens (including phenoxy) is 1. The van der Waals surface area contributed by atoms with Crippen LogP contribution in [0, 0.1) is 23.7 Å². The van der Waals surface area contributed by atoms with Crippen molar-refractivity contribution in [2.75, 3.05) is 18.5 Å². The molecular weight excluding hydrogens is 444 g/mol. The third kappa shape index (κ3) is 4.69. The Morgan fingerprint density at radius 2 is 1.86 bits per heavy atom. The zero-order valence-electron chi connectivity index (χ0n) is 20.5. The standard InChI is InChI=1S/C28H34N2O5/c1-4-8-19-12-14-22-24(23(19)28(34)35-5-2)27(33)30(17(3)16-31)25(22)26(32)29-21-13-11-18-9-6-7-10-20(18)15-21/h6-7,9-15,17,19,22-25,31H,4-5,8,16H2,1-3H3,(H,29,32)/t17-,19-,22+,23-,24-,25+/m1/s1. The monoisotopic (exact) mass is 478 g/mol. The number of aliphatic hydroxyl groups excluding tert-OH is 1. The van der Waals surface area contributed by atoms with Crippen LogP contribution in [-0.4, -0.2) is 53.1 Å². The lowest BCUT2D eigenvalue weighted by molar-refractivity contribution is -0.156. The van der Waals surface area contributed by atoms with Crippen LogP contribution in [0.3, 0.4) is 0 Å². The molecule has 0 bridgehead atoms. The van der Waals surface area contributed by atoms with Gasteiger partial charge < -0.3 is 20.1 Å². The third-order valence-corrected chi connectivity index (χ3v) is 7.25. The summed E-state index contributed by atoms with van der Waals surface area (Å²) in [6.07, 6.45) is 5.51. The maximum Gasteiger partial charge on any atom is 0.310 e. The quantitative estimate of drug-likeness (QED) is 0.445. The van der Waals surface area contributed by atoms with Crippen molar-refractivity contribution < 1.29 is 24.2 Å². The lowest BCUT2D eigenvalue weighted by atomic mass is 9.69. The molecule has 2 aromatic rings. The van der Waals surface area contributed by atoms with Crippen molar-refractivity contribution in [2.24, 2.45) is 23.7 Å². The minimum Gasteiger partial charge on any atom is -0.466 e. The Labute approximate surface area is 206 Å². The zero-order valence-corrected chi connectivity index (χ0v) is 20.5. The van der Waals surface area contributed by atoms with E-state index < -0.39 is 35.8 Å². The number of likely N-dealkylation sites (tertiary alicyclic amines) is 1. The maximum absolute atomic E-state index is 13.7. The number of carbonyl (C=O) groups is 3. The Morgan fingerprint density at radius 1 is 1.11 bits per heavy atom. The largest absolute Gasteiger partial charge is 0.466 e. The van der Waals surface area contributed by atoms with E-state index >= 15 is 0 Å². The predicted molar refractivity (Wildman–Crippen MR) is 134 cm³/mol. The van der Waals surface area contributed by atoms with E-state index in [9.17, 15) is 19.5 Å². The number of amides is 2. The summed E-state index contributed by atoms with van der Waals surface area (Å²) in [7, 11) is 0. The van der Waals surface area contributed by atoms with Crippen molar-refractivity contribution >= 4 is 34.2 Å². The molecule has 6 atom stereocenters. The van der Waals surface area contributed by atoms with E-state index in [1.165, 1.54) is 4.90 Å². The highest BCUT2D eigenvalue weighted by Crippen LogP contribution is 2.46. The van der Waals surface area contributed by atoms with E-state index in [1.807, 2.05) is 61.5 Å². The summed E-state index contributed by atoms with van der Waals surface area (Å²) < 4.78 is 5.38. The summed E-state index contributed by atoms with van der Waals surface area (Å²) in [6, 6.07) is 12.1. The highest BCUT2D eigenvalue weighted by molar-refractivity contribution is 6.02.